The minimum atomic E-state index is -1.00. The Hall–Kier alpha value is -3.43. The Morgan fingerprint density at radius 1 is 1.22 bits per heavy atom. The zero-order valence-electron chi connectivity index (χ0n) is 18.7. The molecule has 2 N–H and O–H groups in total. The van der Waals surface area contributed by atoms with Crippen molar-refractivity contribution in [2.24, 2.45) is 0 Å². The molecule has 2 aliphatic heterocycles. The molecule has 0 aliphatic carbocycles. The van der Waals surface area contributed by atoms with Crippen LogP contribution >= 0.6 is 0 Å². The van der Waals surface area contributed by atoms with E-state index >= 15 is 0 Å². The molecule has 1 saturated heterocycles. The Morgan fingerprint density at radius 3 is 2.59 bits per heavy atom. The SMILES string of the molecule is CN(CCCNC(=O)OC(C)(C)C)c1cccc2c1C(=O)N(C1CCC(=O)NC1=O)C2=O. The number of alkyl carbamates (subject to hydrolysis) is 1. The summed E-state index contributed by atoms with van der Waals surface area (Å²) in [6, 6.07) is 3.97. The number of hydrogen-bond acceptors (Lipinski definition) is 7. The van der Waals surface area contributed by atoms with Crippen LogP contribution in [0.3, 0.4) is 0 Å². The maximum atomic E-state index is 13.2. The van der Waals surface area contributed by atoms with Crippen LogP contribution in [0.15, 0.2) is 18.2 Å². The van der Waals surface area contributed by atoms with Gasteiger partial charge in [-0.05, 0) is 45.7 Å². The second kappa shape index (κ2) is 8.97. The highest BCUT2D eigenvalue weighted by Gasteiger charge is 2.45. The van der Waals surface area contributed by atoms with Gasteiger partial charge < -0.3 is 15.0 Å². The fourth-order valence-electron chi connectivity index (χ4n) is 3.76. The van der Waals surface area contributed by atoms with Gasteiger partial charge in [-0.2, -0.15) is 0 Å². The first-order chi connectivity index (χ1) is 15.0. The summed E-state index contributed by atoms with van der Waals surface area (Å²) in [5.74, 6) is -2.14. The quantitative estimate of drug-likeness (QED) is 0.502. The summed E-state index contributed by atoms with van der Waals surface area (Å²) < 4.78 is 5.20. The van der Waals surface area contributed by atoms with Crippen molar-refractivity contribution in [3.8, 4) is 0 Å². The number of nitrogens with zero attached hydrogens (tertiary/aromatic N) is 2. The lowest BCUT2D eigenvalue weighted by Crippen LogP contribution is -2.54. The van der Waals surface area contributed by atoms with Gasteiger partial charge in [-0.15, -0.1) is 0 Å². The van der Waals surface area contributed by atoms with E-state index in [1.54, 1.807) is 46.0 Å². The minimum absolute atomic E-state index is 0.0707. The van der Waals surface area contributed by atoms with E-state index in [4.69, 9.17) is 4.74 Å². The number of carbonyl (C=O) groups is 5. The van der Waals surface area contributed by atoms with Gasteiger partial charge in [0.15, 0.2) is 0 Å². The number of imide groups is 2. The molecule has 1 unspecified atom stereocenters. The molecule has 5 amide bonds. The standard InChI is InChI=1S/C22H28N4O6/c1-22(2,3)32-21(31)23-11-6-12-25(4)14-8-5-7-13-17(14)20(30)26(19(13)29)15-9-10-16(27)24-18(15)28/h5,7-8,15H,6,9-12H2,1-4H3,(H,23,31)(H,24,27,28). The number of benzene rings is 1. The van der Waals surface area contributed by atoms with E-state index < -0.39 is 41.4 Å². The number of carbonyl (C=O) groups excluding carboxylic acids is 5. The smallest absolute Gasteiger partial charge is 0.407 e. The molecule has 0 saturated carbocycles. The van der Waals surface area contributed by atoms with Crippen LogP contribution in [0.2, 0.25) is 0 Å². The van der Waals surface area contributed by atoms with Crippen LogP contribution in [0.4, 0.5) is 10.5 Å². The van der Waals surface area contributed by atoms with Gasteiger partial charge in [-0.1, -0.05) is 6.07 Å². The van der Waals surface area contributed by atoms with Crippen LogP contribution in [0, 0.1) is 0 Å². The van der Waals surface area contributed by atoms with Gasteiger partial charge in [0.2, 0.25) is 11.8 Å². The van der Waals surface area contributed by atoms with Crippen LogP contribution in [-0.2, 0) is 14.3 Å². The maximum absolute atomic E-state index is 13.2. The lowest BCUT2D eigenvalue weighted by Gasteiger charge is -2.28. The molecule has 1 atom stereocenters. The van der Waals surface area contributed by atoms with E-state index in [0.717, 1.165) is 4.90 Å². The molecule has 0 radical (unpaired) electrons. The van der Waals surface area contributed by atoms with Gasteiger partial charge in [0, 0.05) is 26.6 Å². The normalized spacial score (nSPS) is 18.4. The van der Waals surface area contributed by atoms with E-state index in [9.17, 15) is 24.0 Å². The fraction of sp³-hybridized carbons (Fsp3) is 0.500. The van der Waals surface area contributed by atoms with Crippen molar-refractivity contribution >= 4 is 35.4 Å². The van der Waals surface area contributed by atoms with Crippen LogP contribution in [0.25, 0.3) is 0 Å². The average Bonchev–Trinajstić information content (AvgIpc) is 2.95. The molecule has 32 heavy (non-hydrogen) atoms. The highest BCUT2D eigenvalue weighted by Crippen LogP contribution is 2.33. The second-order valence-electron chi connectivity index (χ2n) is 8.85. The third kappa shape index (κ3) is 4.90. The third-order valence-electron chi connectivity index (χ3n) is 5.20. The van der Waals surface area contributed by atoms with Crippen LogP contribution in [0.5, 0.6) is 0 Å². The maximum Gasteiger partial charge on any atom is 0.407 e. The Balaban J connectivity index is 1.67. The molecule has 3 rings (SSSR count). The summed E-state index contributed by atoms with van der Waals surface area (Å²) >= 11 is 0. The summed E-state index contributed by atoms with van der Waals surface area (Å²) in [6.07, 6.45) is 0.262. The van der Waals surface area contributed by atoms with Gasteiger partial charge in [0.05, 0.1) is 16.8 Å². The summed E-state index contributed by atoms with van der Waals surface area (Å²) in [7, 11) is 1.79. The number of amides is 5. The third-order valence-corrected chi connectivity index (χ3v) is 5.20. The topological polar surface area (TPSA) is 125 Å². The number of rotatable bonds is 6. The zero-order valence-corrected chi connectivity index (χ0v) is 18.7. The lowest BCUT2D eigenvalue weighted by atomic mass is 10.0. The van der Waals surface area contributed by atoms with Crippen molar-refractivity contribution in [2.45, 2.75) is 51.7 Å². The first-order valence-electron chi connectivity index (χ1n) is 10.5. The number of hydrogen-bond donors (Lipinski definition) is 2. The molecule has 0 aromatic heterocycles. The molecule has 1 aromatic carbocycles. The van der Waals surface area contributed by atoms with E-state index in [0.29, 0.717) is 25.2 Å². The molecule has 10 heteroatoms. The zero-order chi connectivity index (χ0) is 23.6. The molecule has 1 fully saturated rings. The molecule has 0 bridgehead atoms. The highest BCUT2D eigenvalue weighted by atomic mass is 16.6. The average molecular weight is 444 g/mol. The molecule has 10 nitrogen and oxygen atoms in total. The van der Waals surface area contributed by atoms with Gasteiger partial charge >= 0.3 is 6.09 Å². The van der Waals surface area contributed by atoms with E-state index in [1.807, 2.05) is 4.90 Å². The lowest BCUT2D eigenvalue weighted by molar-refractivity contribution is -0.136. The van der Waals surface area contributed by atoms with Crippen molar-refractivity contribution in [3.63, 3.8) is 0 Å². The van der Waals surface area contributed by atoms with Crippen molar-refractivity contribution in [2.75, 3.05) is 25.0 Å². The molecular weight excluding hydrogens is 416 g/mol. The van der Waals surface area contributed by atoms with Gasteiger partial charge in [0.25, 0.3) is 11.8 Å². The van der Waals surface area contributed by atoms with E-state index in [-0.39, 0.29) is 24.0 Å². The van der Waals surface area contributed by atoms with Crippen LogP contribution in [0.1, 0.15) is 60.7 Å². The molecule has 2 heterocycles. The Kier molecular flexibility index (Phi) is 6.52. The Labute approximate surface area is 186 Å². The van der Waals surface area contributed by atoms with Gasteiger partial charge in [-0.3, -0.25) is 29.4 Å². The summed E-state index contributed by atoms with van der Waals surface area (Å²) in [4.78, 5) is 64.3. The van der Waals surface area contributed by atoms with Crippen LogP contribution in [-0.4, -0.2) is 66.4 Å². The number of anilines is 1. The monoisotopic (exact) mass is 444 g/mol. The predicted octanol–water partition coefficient (Wildman–Crippen LogP) is 1.44. The number of fused-ring (bicyclic) bond motifs is 1. The molecule has 172 valence electrons. The first-order valence-corrected chi connectivity index (χ1v) is 10.5. The highest BCUT2D eigenvalue weighted by molar-refractivity contribution is 6.25. The largest absolute Gasteiger partial charge is 0.444 e. The predicted molar refractivity (Wildman–Crippen MR) is 115 cm³/mol. The Bertz CT molecular complexity index is 968. The van der Waals surface area contributed by atoms with Gasteiger partial charge in [-0.25, -0.2) is 4.79 Å². The minimum Gasteiger partial charge on any atom is -0.444 e. The molecular formula is C22H28N4O6. The first kappa shape index (κ1) is 23.2. The van der Waals surface area contributed by atoms with E-state index in [1.165, 1.54) is 0 Å². The fourth-order valence-corrected chi connectivity index (χ4v) is 3.76. The summed E-state index contributed by atoms with van der Waals surface area (Å²) in [6.45, 7) is 6.24. The number of nitrogens with one attached hydrogen (secondary N) is 2. The van der Waals surface area contributed by atoms with Gasteiger partial charge in [0.1, 0.15) is 11.6 Å². The number of ether oxygens (including phenoxy) is 1. The molecule has 2 aliphatic rings. The second-order valence-corrected chi connectivity index (χ2v) is 8.85. The van der Waals surface area contributed by atoms with Crippen molar-refractivity contribution in [3.05, 3.63) is 29.3 Å². The van der Waals surface area contributed by atoms with Crippen molar-refractivity contribution in [1.29, 1.82) is 0 Å². The van der Waals surface area contributed by atoms with Crippen LogP contribution < -0.4 is 15.5 Å². The molecule has 1 aromatic rings. The Morgan fingerprint density at radius 2 is 1.94 bits per heavy atom. The summed E-state index contributed by atoms with van der Waals surface area (Å²) in [5.41, 5.74) is 0.459. The summed E-state index contributed by atoms with van der Waals surface area (Å²) in [5, 5.41) is 4.87. The van der Waals surface area contributed by atoms with Crippen molar-refractivity contribution < 1.29 is 28.7 Å². The van der Waals surface area contributed by atoms with Crippen molar-refractivity contribution in [1.82, 2.24) is 15.5 Å². The van der Waals surface area contributed by atoms with E-state index in [2.05, 4.69) is 10.6 Å². The number of piperidine rings is 1. The molecule has 0 spiro atoms.